The molecule has 2 aromatic carbocycles. The van der Waals surface area contributed by atoms with Crippen LogP contribution >= 0.6 is 0 Å². The summed E-state index contributed by atoms with van der Waals surface area (Å²) in [6, 6.07) is 15.8. The van der Waals surface area contributed by atoms with Crippen molar-refractivity contribution in [1.82, 2.24) is 0 Å². The van der Waals surface area contributed by atoms with Crippen LogP contribution in [0.2, 0.25) is 0 Å². The molecule has 0 saturated heterocycles. The summed E-state index contributed by atoms with van der Waals surface area (Å²) >= 11 is 0. The second-order valence-electron chi connectivity index (χ2n) is 4.74. The highest BCUT2D eigenvalue weighted by Crippen LogP contribution is 2.24. The van der Waals surface area contributed by atoms with E-state index in [9.17, 15) is 10.1 Å². The fourth-order valence-electron chi connectivity index (χ4n) is 2.10. The van der Waals surface area contributed by atoms with Gasteiger partial charge >= 0.3 is 0 Å². The molecule has 2 aromatic rings. The number of rotatable bonds is 3. The monoisotopic (exact) mass is 276 g/mol. The number of nitrogens with one attached hydrogen (secondary N) is 1. The van der Waals surface area contributed by atoms with Gasteiger partial charge in [-0.05, 0) is 29.7 Å². The lowest BCUT2D eigenvalue weighted by Crippen LogP contribution is -2.08. The van der Waals surface area contributed by atoms with Gasteiger partial charge in [0.15, 0.2) is 0 Å². The summed E-state index contributed by atoms with van der Waals surface area (Å²) in [7, 11) is 0. The van der Waals surface area contributed by atoms with Gasteiger partial charge in [0.05, 0.1) is 11.3 Å². The Hall–Kier alpha value is -2.86. The summed E-state index contributed by atoms with van der Waals surface area (Å²) in [5, 5.41) is 12.0. The summed E-state index contributed by atoms with van der Waals surface area (Å²) in [6.45, 7) is 3.31. The zero-order valence-corrected chi connectivity index (χ0v) is 12.1. The molecule has 104 valence electrons. The Kier molecular flexibility index (Phi) is 4.53. The first-order valence-corrected chi connectivity index (χ1v) is 6.66. The number of benzene rings is 2. The molecule has 0 heterocycles. The van der Waals surface area contributed by atoms with Crippen molar-refractivity contribution in [3.05, 3.63) is 64.7 Å². The van der Waals surface area contributed by atoms with Crippen molar-refractivity contribution in [3.8, 4) is 6.07 Å². The second kappa shape index (κ2) is 6.53. The number of nitriles is 1. The Morgan fingerprint density at radius 2 is 1.86 bits per heavy atom. The molecule has 2 rings (SSSR count). The lowest BCUT2D eigenvalue weighted by atomic mass is 10.00. The third-order valence-electron chi connectivity index (χ3n) is 3.18. The Balaban J connectivity index is 2.36. The number of hydrogen-bond acceptors (Lipinski definition) is 2. The predicted octanol–water partition coefficient (Wildman–Crippen LogP) is 4.00. The van der Waals surface area contributed by atoms with Gasteiger partial charge in [-0.1, -0.05) is 48.6 Å². The highest BCUT2D eigenvalue weighted by atomic mass is 16.1. The van der Waals surface area contributed by atoms with E-state index >= 15 is 0 Å². The summed E-state index contributed by atoms with van der Waals surface area (Å²) in [5.41, 5.74) is 3.97. The Morgan fingerprint density at radius 1 is 1.14 bits per heavy atom. The molecule has 0 radical (unpaired) electrons. The van der Waals surface area contributed by atoms with Gasteiger partial charge in [0.1, 0.15) is 6.07 Å². The van der Waals surface area contributed by atoms with Crippen LogP contribution in [0.15, 0.2) is 42.5 Å². The van der Waals surface area contributed by atoms with E-state index < -0.39 is 0 Å². The molecule has 21 heavy (non-hydrogen) atoms. The molecule has 0 aliphatic rings. The minimum absolute atomic E-state index is 0.182. The van der Waals surface area contributed by atoms with E-state index in [1.54, 1.807) is 6.07 Å². The number of nitrogens with zero attached hydrogens (tertiary/aromatic N) is 1. The van der Waals surface area contributed by atoms with Gasteiger partial charge in [0.25, 0.3) is 0 Å². The Bertz CT molecular complexity index is 725. The number of carbonyl (C=O) groups is 1. The van der Waals surface area contributed by atoms with E-state index in [4.69, 9.17) is 0 Å². The molecule has 0 atom stereocenters. The fourth-order valence-corrected chi connectivity index (χ4v) is 2.10. The number of carbonyl (C=O) groups excluding carboxylic acids is 1. The molecule has 3 nitrogen and oxygen atoms in total. The van der Waals surface area contributed by atoms with Crippen LogP contribution in [0.3, 0.4) is 0 Å². The molecule has 1 amide bonds. The minimum atomic E-state index is -0.182. The first-order chi connectivity index (χ1) is 10.1. The summed E-state index contributed by atoms with van der Waals surface area (Å²) < 4.78 is 0. The van der Waals surface area contributed by atoms with Crippen molar-refractivity contribution in [2.24, 2.45) is 0 Å². The van der Waals surface area contributed by atoms with Crippen LogP contribution in [0.5, 0.6) is 0 Å². The van der Waals surface area contributed by atoms with Crippen LogP contribution in [0.4, 0.5) is 5.69 Å². The first kappa shape index (κ1) is 14.5. The Morgan fingerprint density at radius 3 is 2.48 bits per heavy atom. The lowest BCUT2D eigenvalue weighted by Gasteiger charge is -2.09. The smallest absolute Gasteiger partial charge is 0.221 e. The predicted molar refractivity (Wildman–Crippen MR) is 85.6 cm³/mol. The molecule has 0 aliphatic carbocycles. The maximum atomic E-state index is 11.2. The van der Waals surface area contributed by atoms with Crippen molar-refractivity contribution >= 4 is 23.7 Å². The molecular formula is C18H16N2O. The first-order valence-electron chi connectivity index (χ1n) is 6.66. The molecule has 0 aromatic heterocycles. The van der Waals surface area contributed by atoms with Gasteiger partial charge in [0.2, 0.25) is 5.91 Å². The van der Waals surface area contributed by atoms with Crippen molar-refractivity contribution in [2.45, 2.75) is 13.8 Å². The maximum absolute atomic E-state index is 11.2. The third-order valence-corrected chi connectivity index (χ3v) is 3.18. The topological polar surface area (TPSA) is 52.9 Å². The van der Waals surface area contributed by atoms with Crippen LogP contribution in [0.1, 0.15) is 29.2 Å². The summed E-state index contributed by atoms with van der Waals surface area (Å²) in [5.74, 6) is -0.182. The van der Waals surface area contributed by atoms with Crippen LogP contribution in [0.25, 0.3) is 12.2 Å². The molecule has 0 unspecified atom stereocenters. The van der Waals surface area contributed by atoms with Crippen LogP contribution in [-0.4, -0.2) is 5.91 Å². The van der Waals surface area contributed by atoms with Crippen LogP contribution < -0.4 is 5.32 Å². The number of amides is 1. The average molecular weight is 276 g/mol. The molecule has 1 N–H and O–H groups in total. The molecule has 0 aliphatic heterocycles. The van der Waals surface area contributed by atoms with Gasteiger partial charge in [-0.15, -0.1) is 0 Å². The zero-order valence-electron chi connectivity index (χ0n) is 12.1. The molecule has 0 spiro atoms. The minimum Gasteiger partial charge on any atom is -0.325 e. The quantitative estimate of drug-likeness (QED) is 0.861. The SMILES string of the molecule is CC(=O)Nc1ccc(/C=C/c2ccccc2)c(C)c1C#N. The van der Waals surface area contributed by atoms with Gasteiger partial charge in [-0.2, -0.15) is 5.26 Å². The van der Waals surface area contributed by atoms with E-state index in [0.29, 0.717) is 11.3 Å². The van der Waals surface area contributed by atoms with E-state index in [2.05, 4.69) is 11.4 Å². The summed E-state index contributed by atoms with van der Waals surface area (Å²) in [4.78, 5) is 11.2. The van der Waals surface area contributed by atoms with E-state index in [1.807, 2.05) is 55.5 Å². The van der Waals surface area contributed by atoms with Gasteiger partial charge in [-0.25, -0.2) is 0 Å². The van der Waals surface area contributed by atoms with Crippen molar-refractivity contribution in [3.63, 3.8) is 0 Å². The number of anilines is 1. The second-order valence-corrected chi connectivity index (χ2v) is 4.74. The zero-order chi connectivity index (χ0) is 15.2. The van der Waals surface area contributed by atoms with E-state index in [0.717, 1.165) is 16.7 Å². The molecule has 3 heteroatoms. The van der Waals surface area contributed by atoms with Gasteiger partial charge in [0, 0.05) is 6.92 Å². The largest absolute Gasteiger partial charge is 0.325 e. The highest BCUT2D eigenvalue weighted by Gasteiger charge is 2.09. The van der Waals surface area contributed by atoms with E-state index in [-0.39, 0.29) is 5.91 Å². The van der Waals surface area contributed by atoms with Crippen molar-refractivity contribution < 1.29 is 4.79 Å². The van der Waals surface area contributed by atoms with Crippen LogP contribution in [-0.2, 0) is 4.79 Å². The molecule has 0 bridgehead atoms. The summed E-state index contributed by atoms with van der Waals surface area (Å²) in [6.07, 6.45) is 3.98. The number of hydrogen-bond donors (Lipinski definition) is 1. The third kappa shape index (κ3) is 3.58. The Labute approximate surface area is 124 Å². The van der Waals surface area contributed by atoms with Gasteiger partial charge < -0.3 is 5.32 Å². The van der Waals surface area contributed by atoms with Crippen molar-refractivity contribution in [2.75, 3.05) is 5.32 Å². The maximum Gasteiger partial charge on any atom is 0.221 e. The molecule has 0 fully saturated rings. The van der Waals surface area contributed by atoms with Crippen molar-refractivity contribution in [1.29, 1.82) is 5.26 Å². The fraction of sp³-hybridized carbons (Fsp3) is 0.111. The van der Waals surface area contributed by atoms with Crippen LogP contribution in [0, 0.1) is 18.3 Å². The van der Waals surface area contributed by atoms with E-state index in [1.165, 1.54) is 6.92 Å². The molecular weight excluding hydrogens is 260 g/mol. The normalized spacial score (nSPS) is 10.3. The molecule has 0 saturated carbocycles. The standard InChI is InChI=1S/C18H16N2O/c1-13-16(9-8-15-6-4-3-5-7-15)10-11-18(17(13)12-19)20-14(2)21/h3-11H,1-2H3,(H,20,21)/b9-8+. The lowest BCUT2D eigenvalue weighted by molar-refractivity contribution is -0.114. The highest BCUT2D eigenvalue weighted by molar-refractivity contribution is 5.91. The van der Waals surface area contributed by atoms with Gasteiger partial charge in [-0.3, -0.25) is 4.79 Å². The average Bonchev–Trinajstić information content (AvgIpc) is 2.47.